The van der Waals surface area contributed by atoms with Crippen molar-refractivity contribution >= 4 is 26.0 Å². The molecule has 0 aromatic heterocycles. The molecule has 2 rings (SSSR count). The molecule has 0 spiro atoms. The van der Waals surface area contributed by atoms with E-state index in [-0.39, 0.29) is 37.1 Å². The van der Waals surface area contributed by atoms with Crippen molar-refractivity contribution in [2.45, 2.75) is 31.8 Å². The molecule has 0 bridgehead atoms. The highest BCUT2D eigenvalue weighted by Crippen LogP contribution is 2.25. The van der Waals surface area contributed by atoms with E-state index in [1.165, 1.54) is 7.11 Å². The monoisotopic (exact) mass is 383 g/mol. The summed E-state index contributed by atoms with van der Waals surface area (Å²) in [4.78, 5) is 14.5. The Hall–Kier alpha value is -0.750. The lowest BCUT2D eigenvalue weighted by molar-refractivity contribution is -0.130. The molecule has 1 N–H and O–H groups in total. The van der Waals surface area contributed by atoms with Crippen LogP contribution < -0.4 is 4.72 Å². The van der Waals surface area contributed by atoms with Gasteiger partial charge in [0, 0.05) is 39.4 Å². The molecule has 140 valence electrons. The smallest absolute Gasteiger partial charge is 0.253 e. The van der Waals surface area contributed by atoms with Crippen molar-refractivity contribution in [3.8, 4) is 0 Å². The molecule has 0 aliphatic carbocycles. The van der Waals surface area contributed by atoms with Gasteiger partial charge in [-0.15, -0.1) is 0 Å². The highest BCUT2D eigenvalue weighted by molar-refractivity contribution is 7.89. The summed E-state index contributed by atoms with van der Waals surface area (Å²) in [5, 5.41) is 0. The van der Waals surface area contributed by atoms with Crippen LogP contribution in [0.3, 0.4) is 0 Å². The van der Waals surface area contributed by atoms with E-state index in [2.05, 4.69) is 4.72 Å². The molecule has 1 amide bonds. The van der Waals surface area contributed by atoms with Crippen LogP contribution in [0.1, 0.15) is 19.8 Å². The van der Waals surface area contributed by atoms with Gasteiger partial charge in [-0.2, -0.15) is 0 Å². The zero-order valence-electron chi connectivity index (χ0n) is 14.0. The summed E-state index contributed by atoms with van der Waals surface area (Å²) >= 11 is 0. The number of carbonyl (C=O) groups is 1. The minimum atomic E-state index is -3.64. The summed E-state index contributed by atoms with van der Waals surface area (Å²) in [5.41, 5.74) is 0. The first-order chi connectivity index (χ1) is 11.2. The lowest BCUT2D eigenvalue weighted by Crippen LogP contribution is -2.44. The molecule has 0 aromatic carbocycles. The van der Waals surface area contributed by atoms with Crippen LogP contribution in [0.4, 0.5) is 0 Å². The Balaban J connectivity index is 2.12. The number of carbonyl (C=O) groups excluding carboxylic acids is 1. The molecule has 2 saturated heterocycles. The largest absolute Gasteiger partial charge is 0.385 e. The molecule has 2 aliphatic rings. The third-order valence-electron chi connectivity index (χ3n) is 4.34. The first-order valence-electron chi connectivity index (χ1n) is 7.97. The van der Waals surface area contributed by atoms with Crippen molar-refractivity contribution in [3.63, 3.8) is 0 Å². The second-order valence-corrected chi connectivity index (χ2v) is 10.1. The van der Waals surface area contributed by atoms with Crippen molar-refractivity contribution < 1.29 is 26.4 Å². The quantitative estimate of drug-likeness (QED) is 0.537. The molecule has 2 aliphatic heterocycles. The number of nitrogens with zero attached hydrogens (tertiary/aromatic N) is 2. The summed E-state index contributed by atoms with van der Waals surface area (Å²) in [6.07, 6.45) is 0.717. The maximum absolute atomic E-state index is 12.7. The fourth-order valence-electron chi connectivity index (χ4n) is 3.08. The van der Waals surface area contributed by atoms with Gasteiger partial charge in [-0.25, -0.2) is 25.9 Å². The number of amides is 1. The summed E-state index contributed by atoms with van der Waals surface area (Å²) in [5.74, 6) is -0.642. The Morgan fingerprint density at radius 3 is 2.71 bits per heavy atom. The van der Waals surface area contributed by atoms with Gasteiger partial charge >= 0.3 is 0 Å². The fraction of sp³-hybridized carbons (Fsp3) is 0.923. The molecule has 9 nitrogen and oxygen atoms in total. The van der Waals surface area contributed by atoms with Crippen LogP contribution in [0.15, 0.2) is 0 Å². The molecule has 0 saturated carbocycles. The normalized spacial score (nSPS) is 27.9. The number of nitrogens with one attached hydrogen (secondary N) is 1. The Labute approximate surface area is 143 Å². The molecule has 0 radical (unpaired) electrons. The number of hydrogen-bond acceptors (Lipinski definition) is 7. The number of sulfonamides is 2. The summed E-state index contributed by atoms with van der Waals surface area (Å²) in [6.45, 7) is 2.57. The van der Waals surface area contributed by atoms with Gasteiger partial charge in [0.1, 0.15) is 0 Å². The van der Waals surface area contributed by atoms with E-state index in [1.807, 2.05) is 0 Å². The molecule has 2 fully saturated rings. The van der Waals surface area contributed by atoms with Crippen molar-refractivity contribution in [2.75, 3.05) is 44.9 Å². The van der Waals surface area contributed by atoms with Gasteiger partial charge in [-0.3, -0.25) is 9.69 Å². The van der Waals surface area contributed by atoms with Crippen LogP contribution in [-0.4, -0.2) is 88.9 Å². The van der Waals surface area contributed by atoms with E-state index >= 15 is 0 Å². The topological polar surface area (TPSA) is 113 Å². The zero-order chi connectivity index (χ0) is 18.0. The van der Waals surface area contributed by atoms with Crippen molar-refractivity contribution in [2.24, 2.45) is 0 Å². The fourth-order valence-corrected chi connectivity index (χ4v) is 5.41. The standard InChI is InChI=1S/C13H25N3O6S2/c1-3-23(18,19)14-11-9-12-13(17)16(5-4-7-22-2)24(20,21)8-6-15(12)10-11/h11-12,14H,3-10H2,1-2H3/t11-,12-/m0/s1. The highest BCUT2D eigenvalue weighted by Gasteiger charge is 2.45. The summed E-state index contributed by atoms with van der Waals surface area (Å²) in [7, 11) is -5.49. The molecular weight excluding hydrogens is 358 g/mol. The molecule has 2 heterocycles. The van der Waals surface area contributed by atoms with Crippen LogP contribution >= 0.6 is 0 Å². The first kappa shape index (κ1) is 19.6. The Morgan fingerprint density at radius 2 is 2.08 bits per heavy atom. The van der Waals surface area contributed by atoms with Crippen molar-refractivity contribution in [1.82, 2.24) is 13.9 Å². The van der Waals surface area contributed by atoms with Crippen LogP contribution in [0.5, 0.6) is 0 Å². The van der Waals surface area contributed by atoms with Gasteiger partial charge in [0.2, 0.25) is 20.0 Å². The molecule has 11 heteroatoms. The van der Waals surface area contributed by atoms with Gasteiger partial charge < -0.3 is 4.74 Å². The average molecular weight is 383 g/mol. The number of rotatable bonds is 7. The Bertz CT molecular complexity index is 663. The van der Waals surface area contributed by atoms with E-state index in [9.17, 15) is 21.6 Å². The zero-order valence-corrected chi connectivity index (χ0v) is 15.6. The van der Waals surface area contributed by atoms with Crippen LogP contribution in [-0.2, 0) is 29.6 Å². The van der Waals surface area contributed by atoms with Gasteiger partial charge in [-0.05, 0) is 19.8 Å². The minimum Gasteiger partial charge on any atom is -0.385 e. The third-order valence-corrected chi connectivity index (χ3v) is 7.53. The van der Waals surface area contributed by atoms with E-state index in [0.717, 1.165) is 4.31 Å². The van der Waals surface area contributed by atoms with Crippen LogP contribution in [0.25, 0.3) is 0 Å². The lowest BCUT2D eigenvalue weighted by Gasteiger charge is -2.23. The maximum atomic E-state index is 12.7. The SMILES string of the molecule is CCS(=O)(=O)N[C@H]1C[C@H]2C(=O)N(CCCOC)S(=O)(=O)CCN2C1. The summed E-state index contributed by atoms with van der Waals surface area (Å²) in [6, 6.07) is -0.972. The van der Waals surface area contributed by atoms with Crippen LogP contribution in [0.2, 0.25) is 0 Å². The molecule has 0 aromatic rings. The molecule has 0 unspecified atom stereocenters. The predicted molar refractivity (Wildman–Crippen MR) is 88.4 cm³/mol. The number of fused-ring (bicyclic) bond motifs is 1. The highest BCUT2D eigenvalue weighted by atomic mass is 32.2. The number of ether oxygens (including phenoxy) is 1. The first-order valence-corrected chi connectivity index (χ1v) is 11.2. The lowest BCUT2D eigenvalue weighted by atomic mass is 10.1. The second-order valence-electron chi connectivity index (χ2n) is 6.04. The Morgan fingerprint density at radius 1 is 1.38 bits per heavy atom. The molecule has 24 heavy (non-hydrogen) atoms. The van der Waals surface area contributed by atoms with E-state index in [4.69, 9.17) is 4.74 Å². The van der Waals surface area contributed by atoms with Gasteiger partial charge in [-0.1, -0.05) is 0 Å². The molecule has 2 atom stereocenters. The number of hydrogen-bond donors (Lipinski definition) is 1. The number of methoxy groups -OCH3 is 1. The van der Waals surface area contributed by atoms with Crippen molar-refractivity contribution in [1.29, 1.82) is 0 Å². The van der Waals surface area contributed by atoms with E-state index in [0.29, 0.717) is 19.6 Å². The van der Waals surface area contributed by atoms with E-state index < -0.39 is 32.0 Å². The van der Waals surface area contributed by atoms with Crippen LogP contribution in [0, 0.1) is 0 Å². The average Bonchev–Trinajstić information content (AvgIpc) is 2.87. The van der Waals surface area contributed by atoms with Gasteiger partial charge in [0.25, 0.3) is 5.91 Å². The Kier molecular flexibility index (Phi) is 6.24. The minimum absolute atomic E-state index is 0.0281. The van der Waals surface area contributed by atoms with Crippen molar-refractivity contribution in [3.05, 3.63) is 0 Å². The van der Waals surface area contributed by atoms with Gasteiger partial charge in [0.15, 0.2) is 0 Å². The third kappa shape index (κ3) is 4.45. The van der Waals surface area contributed by atoms with E-state index in [1.54, 1.807) is 11.8 Å². The summed E-state index contributed by atoms with van der Waals surface area (Å²) < 4.78 is 56.5. The molecular formula is C13H25N3O6S2. The maximum Gasteiger partial charge on any atom is 0.253 e. The predicted octanol–water partition coefficient (Wildman–Crippen LogP) is -1.42. The van der Waals surface area contributed by atoms with Gasteiger partial charge in [0.05, 0.1) is 17.5 Å². The second kappa shape index (κ2) is 7.65.